The Balaban J connectivity index is 1.85. The van der Waals surface area contributed by atoms with Gasteiger partial charge in [0.2, 0.25) is 0 Å². The van der Waals surface area contributed by atoms with E-state index in [1.807, 2.05) is 13.2 Å². The largest absolute Gasteiger partial charge is 0.478 e. The molecular weight excluding hydrogens is 286 g/mol. The summed E-state index contributed by atoms with van der Waals surface area (Å²) in [6, 6.07) is 1.28. The number of nitrogens with zero attached hydrogens (tertiary/aromatic N) is 2. The molecule has 1 amide bonds. The molecule has 2 heterocycles. The Kier molecular flexibility index (Phi) is 4.98. The molecule has 0 aliphatic rings. The molecular formula is C15H19N3O4. The van der Waals surface area contributed by atoms with Crippen LogP contribution in [0.3, 0.4) is 0 Å². The fraction of sp³-hybridized carbons (Fsp3) is 0.400. The Labute approximate surface area is 127 Å². The van der Waals surface area contributed by atoms with Crippen molar-refractivity contribution in [3.63, 3.8) is 0 Å². The van der Waals surface area contributed by atoms with Gasteiger partial charge in [-0.1, -0.05) is 6.92 Å². The van der Waals surface area contributed by atoms with Crippen LogP contribution >= 0.6 is 0 Å². The fourth-order valence-electron chi connectivity index (χ4n) is 2.17. The number of aromatic carboxylic acids is 1. The molecule has 2 rings (SSSR count). The van der Waals surface area contributed by atoms with E-state index < -0.39 is 11.9 Å². The SMILES string of the molecule is CCc1oc(C(=O)NCCCc2cnn(C)c2)cc1C(=O)O. The maximum Gasteiger partial charge on any atom is 0.339 e. The maximum atomic E-state index is 11.9. The molecule has 7 heteroatoms. The third-order valence-electron chi connectivity index (χ3n) is 3.27. The number of aryl methyl sites for hydroxylation is 3. The summed E-state index contributed by atoms with van der Waals surface area (Å²) in [6.07, 6.45) is 5.73. The molecule has 0 aliphatic heterocycles. The second-order valence-electron chi connectivity index (χ2n) is 4.99. The van der Waals surface area contributed by atoms with E-state index in [2.05, 4.69) is 10.4 Å². The smallest absolute Gasteiger partial charge is 0.339 e. The van der Waals surface area contributed by atoms with Gasteiger partial charge in [0.1, 0.15) is 11.3 Å². The molecule has 0 fully saturated rings. The molecule has 0 saturated heterocycles. The number of carboxylic acids is 1. The minimum Gasteiger partial charge on any atom is -0.478 e. The molecule has 0 aromatic carbocycles. The highest BCUT2D eigenvalue weighted by molar-refractivity contribution is 5.96. The van der Waals surface area contributed by atoms with Crippen LogP contribution < -0.4 is 5.32 Å². The standard InChI is InChI=1S/C15H19N3O4/c1-3-12-11(15(20)21)7-13(22-12)14(19)16-6-4-5-10-8-17-18(2)9-10/h7-9H,3-6H2,1-2H3,(H,16,19)(H,20,21). The molecule has 0 aliphatic carbocycles. The van der Waals surface area contributed by atoms with Crippen molar-refractivity contribution in [1.29, 1.82) is 0 Å². The highest BCUT2D eigenvalue weighted by Crippen LogP contribution is 2.16. The Morgan fingerprint density at radius 2 is 2.23 bits per heavy atom. The van der Waals surface area contributed by atoms with E-state index in [-0.39, 0.29) is 11.3 Å². The lowest BCUT2D eigenvalue weighted by molar-refractivity contribution is 0.0694. The third-order valence-corrected chi connectivity index (χ3v) is 3.27. The molecule has 22 heavy (non-hydrogen) atoms. The average molecular weight is 305 g/mol. The number of hydrogen-bond donors (Lipinski definition) is 2. The van der Waals surface area contributed by atoms with E-state index in [0.29, 0.717) is 18.7 Å². The van der Waals surface area contributed by atoms with Gasteiger partial charge in [-0.05, 0) is 18.4 Å². The number of amides is 1. The van der Waals surface area contributed by atoms with Gasteiger partial charge >= 0.3 is 5.97 Å². The first-order valence-corrected chi connectivity index (χ1v) is 7.13. The van der Waals surface area contributed by atoms with Gasteiger partial charge in [-0.25, -0.2) is 4.79 Å². The number of nitrogens with one attached hydrogen (secondary N) is 1. The molecule has 0 radical (unpaired) electrons. The van der Waals surface area contributed by atoms with Crippen molar-refractivity contribution in [3.05, 3.63) is 41.1 Å². The van der Waals surface area contributed by atoms with E-state index in [9.17, 15) is 9.59 Å². The topological polar surface area (TPSA) is 97.4 Å². The van der Waals surface area contributed by atoms with Gasteiger partial charge in [0.25, 0.3) is 5.91 Å². The minimum atomic E-state index is -1.09. The van der Waals surface area contributed by atoms with Crippen LogP contribution in [0.2, 0.25) is 0 Å². The highest BCUT2D eigenvalue weighted by atomic mass is 16.4. The second-order valence-corrected chi connectivity index (χ2v) is 4.99. The van der Waals surface area contributed by atoms with E-state index in [1.165, 1.54) is 6.07 Å². The molecule has 0 spiro atoms. The third kappa shape index (κ3) is 3.75. The van der Waals surface area contributed by atoms with Crippen LogP contribution in [0.15, 0.2) is 22.9 Å². The zero-order valence-electron chi connectivity index (χ0n) is 12.6. The number of aromatic nitrogens is 2. The fourth-order valence-corrected chi connectivity index (χ4v) is 2.17. The summed E-state index contributed by atoms with van der Waals surface area (Å²) in [5, 5.41) is 15.8. The molecule has 0 bridgehead atoms. The Hall–Kier alpha value is -2.57. The Morgan fingerprint density at radius 3 is 2.77 bits per heavy atom. The summed E-state index contributed by atoms with van der Waals surface area (Å²) in [6.45, 7) is 2.26. The number of carbonyl (C=O) groups is 2. The van der Waals surface area contributed by atoms with Crippen molar-refractivity contribution in [1.82, 2.24) is 15.1 Å². The lowest BCUT2D eigenvalue weighted by Crippen LogP contribution is -2.24. The monoisotopic (exact) mass is 305 g/mol. The van der Waals surface area contributed by atoms with Crippen molar-refractivity contribution < 1.29 is 19.1 Å². The minimum absolute atomic E-state index is 0.0376. The van der Waals surface area contributed by atoms with Crippen LogP contribution in [-0.2, 0) is 19.9 Å². The van der Waals surface area contributed by atoms with Crippen LogP contribution in [0.5, 0.6) is 0 Å². The maximum absolute atomic E-state index is 11.9. The van der Waals surface area contributed by atoms with Crippen LogP contribution in [-0.4, -0.2) is 33.3 Å². The van der Waals surface area contributed by atoms with Gasteiger partial charge in [0, 0.05) is 32.3 Å². The van der Waals surface area contributed by atoms with Crippen LogP contribution in [0, 0.1) is 0 Å². The second kappa shape index (κ2) is 6.93. The quantitative estimate of drug-likeness (QED) is 0.758. The highest BCUT2D eigenvalue weighted by Gasteiger charge is 2.19. The summed E-state index contributed by atoms with van der Waals surface area (Å²) in [7, 11) is 1.85. The summed E-state index contributed by atoms with van der Waals surface area (Å²) in [5.74, 6) is -1.13. The van der Waals surface area contributed by atoms with E-state index in [0.717, 1.165) is 18.4 Å². The molecule has 2 aromatic heterocycles. The van der Waals surface area contributed by atoms with E-state index >= 15 is 0 Å². The van der Waals surface area contributed by atoms with Crippen molar-refractivity contribution in [2.24, 2.45) is 7.05 Å². The molecule has 2 aromatic rings. The zero-order chi connectivity index (χ0) is 16.1. The van der Waals surface area contributed by atoms with Crippen LogP contribution in [0.1, 0.15) is 45.6 Å². The Bertz CT molecular complexity index is 672. The van der Waals surface area contributed by atoms with Crippen molar-refractivity contribution in [2.45, 2.75) is 26.2 Å². The number of hydrogen-bond acceptors (Lipinski definition) is 4. The first-order valence-electron chi connectivity index (χ1n) is 7.13. The predicted octanol–water partition coefficient (Wildman–Crippen LogP) is 1.64. The van der Waals surface area contributed by atoms with Gasteiger partial charge in [0.05, 0.1) is 6.20 Å². The van der Waals surface area contributed by atoms with Crippen molar-refractivity contribution in [2.75, 3.05) is 6.54 Å². The van der Waals surface area contributed by atoms with Gasteiger partial charge in [0.15, 0.2) is 5.76 Å². The normalized spacial score (nSPS) is 10.6. The molecule has 118 valence electrons. The van der Waals surface area contributed by atoms with Crippen LogP contribution in [0.25, 0.3) is 0 Å². The van der Waals surface area contributed by atoms with Crippen LogP contribution in [0.4, 0.5) is 0 Å². The number of furan rings is 1. The summed E-state index contributed by atoms with van der Waals surface area (Å²) < 4.78 is 7.03. The Morgan fingerprint density at radius 1 is 1.45 bits per heavy atom. The summed E-state index contributed by atoms with van der Waals surface area (Å²) >= 11 is 0. The number of carbonyl (C=O) groups excluding carboxylic acids is 1. The average Bonchev–Trinajstić information content (AvgIpc) is 3.09. The first-order chi connectivity index (χ1) is 10.5. The van der Waals surface area contributed by atoms with E-state index in [1.54, 1.807) is 17.8 Å². The molecule has 0 unspecified atom stereocenters. The first kappa shape index (κ1) is 15.8. The van der Waals surface area contributed by atoms with Gasteiger partial charge < -0.3 is 14.8 Å². The predicted molar refractivity (Wildman–Crippen MR) is 78.9 cm³/mol. The molecule has 0 atom stereocenters. The van der Waals surface area contributed by atoms with E-state index in [4.69, 9.17) is 9.52 Å². The lowest BCUT2D eigenvalue weighted by Gasteiger charge is -2.02. The molecule has 7 nitrogen and oxygen atoms in total. The van der Waals surface area contributed by atoms with Gasteiger partial charge in [-0.3, -0.25) is 9.48 Å². The number of rotatable bonds is 7. The zero-order valence-corrected chi connectivity index (χ0v) is 12.6. The summed E-state index contributed by atoms with van der Waals surface area (Å²) in [5.41, 5.74) is 1.15. The summed E-state index contributed by atoms with van der Waals surface area (Å²) in [4.78, 5) is 23.0. The van der Waals surface area contributed by atoms with Gasteiger partial charge in [-0.2, -0.15) is 5.10 Å². The molecule has 0 saturated carbocycles. The van der Waals surface area contributed by atoms with Crippen molar-refractivity contribution in [3.8, 4) is 0 Å². The lowest BCUT2D eigenvalue weighted by atomic mass is 10.2. The van der Waals surface area contributed by atoms with Crippen molar-refractivity contribution >= 4 is 11.9 Å². The number of carboxylic acid groups (broad SMARTS) is 1. The molecule has 2 N–H and O–H groups in total. The van der Waals surface area contributed by atoms with Gasteiger partial charge in [-0.15, -0.1) is 0 Å².